The van der Waals surface area contributed by atoms with Gasteiger partial charge in [-0.15, -0.1) is 11.8 Å². The second kappa shape index (κ2) is 5.48. The Morgan fingerprint density at radius 2 is 2.25 bits per heavy atom. The van der Waals surface area contributed by atoms with Gasteiger partial charge in [0.05, 0.1) is 10.9 Å². The lowest BCUT2D eigenvalue weighted by Gasteiger charge is -2.24. The van der Waals surface area contributed by atoms with Crippen molar-refractivity contribution in [3.05, 3.63) is 23.8 Å². The predicted molar refractivity (Wildman–Crippen MR) is 79.6 cm³/mol. The van der Waals surface area contributed by atoms with Crippen LogP contribution >= 0.6 is 11.8 Å². The molecule has 1 aromatic carbocycles. The molecule has 0 saturated heterocycles. The molecule has 2 aliphatic rings. The number of anilines is 1. The summed E-state index contributed by atoms with van der Waals surface area (Å²) in [6.45, 7) is 2.42. The number of nitrogens with one attached hydrogen (secondary N) is 2. The van der Waals surface area contributed by atoms with Gasteiger partial charge in [-0.3, -0.25) is 9.59 Å². The van der Waals surface area contributed by atoms with Crippen LogP contribution in [0, 0.1) is 5.92 Å². The van der Waals surface area contributed by atoms with Crippen molar-refractivity contribution in [2.45, 2.75) is 42.9 Å². The van der Waals surface area contributed by atoms with Gasteiger partial charge in [0.25, 0.3) is 0 Å². The number of fused-ring (bicyclic) bond motifs is 1. The van der Waals surface area contributed by atoms with Crippen LogP contribution in [0.5, 0.6) is 0 Å². The standard InChI is InChI=1S/C15H18N2O2S/c1-9-14(18)17-12-7-10(5-6-13(12)20-9)8-16-15(19)11-3-2-4-11/h5-7,9,11H,2-4,8H2,1H3,(H,16,19)(H,17,18). The van der Waals surface area contributed by atoms with E-state index in [9.17, 15) is 9.59 Å². The molecule has 3 rings (SSSR count). The first-order valence-corrected chi connectivity index (χ1v) is 7.89. The molecule has 5 heteroatoms. The molecular formula is C15H18N2O2S. The average Bonchev–Trinajstić information content (AvgIpc) is 2.36. The second-order valence-electron chi connectivity index (χ2n) is 5.43. The molecule has 0 aromatic heterocycles. The molecule has 1 unspecified atom stereocenters. The minimum atomic E-state index is -0.0494. The van der Waals surface area contributed by atoms with Gasteiger partial charge in [-0.05, 0) is 37.5 Å². The fourth-order valence-corrected chi connectivity index (χ4v) is 3.30. The Balaban J connectivity index is 1.65. The molecule has 1 atom stereocenters. The molecule has 0 radical (unpaired) electrons. The molecule has 0 bridgehead atoms. The Kier molecular flexibility index (Phi) is 3.70. The zero-order valence-electron chi connectivity index (χ0n) is 11.4. The molecule has 4 nitrogen and oxygen atoms in total. The molecule has 2 amide bonds. The number of thioether (sulfide) groups is 1. The minimum Gasteiger partial charge on any atom is -0.352 e. The van der Waals surface area contributed by atoms with Crippen molar-refractivity contribution in [2.24, 2.45) is 5.92 Å². The first-order chi connectivity index (χ1) is 9.63. The van der Waals surface area contributed by atoms with E-state index in [2.05, 4.69) is 10.6 Å². The van der Waals surface area contributed by atoms with Gasteiger partial charge in [0.2, 0.25) is 11.8 Å². The number of hydrogen-bond donors (Lipinski definition) is 2. The van der Waals surface area contributed by atoms with Crippen LogP contribution in [-0.2, 0) is 16.1 Å². The number of benzene rings is 1. The first-order valence-electron chi connectivity index (χ1n) is 7.01. The highest BCUT2D eigenvalue weighted by Gasteiger charge is 2.25. The molecule has 106 valence electrons. The van der Waals surface area contributed by atoms with E-state index < -0.39 is 0 Å². The Bertz CT molecular complexity index is 555. The minimum absolute atomic E-state index is 0.0400. The van der Waals surface area contributed by atoms with Crippen LogP contribution in [0.15, 0.2) is 23.1 Å². The summed E-state index contributed by atoms with van der Waals surface area (Å²) in [5.41, 5.74) is 1.88. The third-order valence-corrected chi connectivity index (χ3v) is 5.10. The highest BCUT2D eigenvalue weighted by atomic mass is 32.2. The summed E-state index contributed by atoms with van der Waals surface area (Å²) in [6.07, 6.45) is 3.19. The van der Waals surface area contributed by atoms with Crippen LogP contribution in [0.3, 0.4) is 0 Å². The molecule has 1 heterocycles. The molecule has 0 spiro atoms. The van der Waals surface area contributed by atoms with E-state index in [0.717, 1.165) is 29.0 Å². The van der Waals surface area contributed by atoms with E-state index in [1.807, 2.05) is 25.1 Å². The second-order valence-corrected chi connectivity index (χ2v) is 6.81. The van der Waals surface area contributed by atoms with Crippen molar-refractivity contribution in [1.29, 1.82) is 0 Å². The van der Waals surface area contributed by atoms with Crippen LogP contribution in [0.1, 0.15) is 31.7 Å². The lowest BCUT2D eigenvalue weighted by molar-refractivity contribution is -0.127. The van der Waals surface area contributed by atoms with Crippen molar-refractivity contribution in [1.82, 2.24) is 5.32 Å². The molecular weight excluding hydrogens is 272 g/mol. The van der Waals surface area contributed by atoms with Crippen molar-refractivity contribution in [3.63, 3.8) is 0 Å². The lowest BCUT2D eigenvalue weighted by Crippen LogP contribution is -2.34. The van der Waals surface area contributed by atoms with Gasteiger partial charge in [0, 0.05) is 17.4 Å². The van der Waals surface area contributed by atoms with Crippen LogP contribution in [-0.4, -0.2) is 17.1 Å². The van der Waals surface area contributed by atoms with E-state index in [1.54, 1.807) is 11.8 Å². The van der Waals surface area contributed by atoms with Crippen LogP contribution in [0.4, 0.5) is 5.69 Å². The number of hydrogen-bond acceptors (Lipinski definition) is 3. The predicted octanol–water partition coefficient (Wildman–Crippen LogP) is 2.54. The largest absolute Gasteiger partial charge is 0.352 e. The fourth-order valence-electron chi connectivity index (χ4n) is 2.37. The Morgan fingerprint density at radius 1 is 1.45 bits per heavy atom. The first kappa shape index (κ1) is 13.5. The zero-order chi connectivity index (χ0) is 14.1. The Hall–Kier alpha value is -1.49. The van der Waals surface area contributed by atoms with Crippen molar-refractivity contribution >= 4 is 29.3 Å². The summed E-state index contributed by atoms with van der Waals surface area (Å²) in [5, 5.41) is 5.83. The number of carbonyl (C=O) groups is 2. The van der Waals surface area contributed by atoms with Crippen LogP contribution in [0.25, 0.3) is 0 Å². The topological polar surface area (TPSA) is 58.2 Å². The van der Waals surface area contributed by atoms with E-state index in [4.69, 9.17) is 0 Å². The van der Waals surface area contributed by atoms with Gasteiger partial charge in [-0.2, -0.15) is 0 Å². The SMILES string of the molecule is CC1Sc2ccc(CNC(=O)C3CCC3)cc2NC1=O. The summed E-state index contributed by atoms with van der Waals surface area (Å²) in [7, 11) is 0. The third-order valence-electron chi connectivity index (χ3n) is 3.92. The Morgan fingerprint density at radius 3 is 2.95 bits per heavy atom. The summed E-state index contributed by atoms with van der Waals surface area (Å²) in [5.74, 6) is 0.405. The van der Waals surface area contributed by atoms with E-state index in [0.29, 0.717) is 6.54 Å². The summed E-state index contributed by atoms with van der Waals surface area (Å²) in [4.78, 5) is 24.6. The monoisotopic (exact) mass is 290 g/mol. The van der Waals surface area contributed by atoms with Gasteiger partial charge in [-0.25, -0.2) is 0 Å². The highest BCUT2D eigenvalue weighted by Crippen LogP contribution is 2.36. The zero-order valence-corrected chi connectivity index (χ0v) is 12.3. The maximum Gasteiger partial charge on any atom is 0.237 e. The summed E-state index contributed by atoms with van der Waals surface area (Å²) < 4.78 is 0. The molecule has 1 aromatic rings. The van der Waals surface area contributed by atoms with Crippen LogP contribution in [0.2, 0.25) is 0 Å². The lowest BCUT2D eigenvalue weighted by atomic mass is 9.85. The van der Waals surface area contributed by atoms with Crippen molar-refractivity contribution in [3.8, 4) is 0 Å². The number of amides is 2. The third kappa shape index (κ3) is 2.68. The van der Waals surface area contributed by atoms with Gasteiger partial charge >= 0.3 is 0 Å². The molecule has 1 aliphatic carbocycles. The molecule has 1 fully saturated rings. The molecule has 20 heavy (non-hydrogen) atoms. The van der Waals surface area contributed by atoms with E-state index in [1.165, 1.54) is 6.42 Å². The van der Waals surface area contributed by atoms with Gasteiger partial charge in [0.1, 0.15) is 0 Å². The average molecular weight is 290 g/mol. The maximum absolute atomic E-state index is 11.8. The van der Waals surface area contributed by atoms with E-state index >= 15 is 0 Å². The Labute approximate surface area is 122 Å². The van der Waals surface area contributed by atoms with Gasteiger partial charge < -0.3 is 10.6 Å². The number of rotatable bonds is 3. The summed E-state index contributed by atoms with van der Waals surface area (Å²) in [6, 6.07) is 5.98. The molecule has 1 saturated carbocycles. The van der Waals surface area contributed by atoms with Crippen LogP contribution < -0.4 is 10.6 Å². The maximum atomic E-state index is 11.8. The van der Waals surface area contributed by atoms with Crippen molar-refractivity contribution < 1.29 is 9.59 Å². The number of carbonyl (C=O) groups excluding carboxylic acids is 2. The fraction of sp³-hybridized carbons (Fsp3) is 0.467. The van der Waals surface area contributed by atoms with Gasteiger partial charge in [0.15, 0.2) is 0 Å². The van der Waals surface area contributed by atoms with Crippen molar-refractivity contribution in [2.75, 3.05) is 5.32 Å². The van der Waals surface area contributed by atoms with Gasteiger partial charge in [-0.1, -0.05) is 12.5 Å². The summed E-state index contributed by atoms with van der Waals surface area (Å²) >= 11 is 1.57. The highest BCUT2D eigenvalue weighted by molar-refractivity contribution is 8.00. The smallest absolute Gasteiger partial charge is 0.237 e. The molecule has 1 aliphatic heterocycles. The quantitative estimate of drug-likeness (QED) is 0.899. The van der Waals surface area contributed by atoms with E-state index in [-0.39, 0.29) is 23.0 Å². The normalized spacial score (nSPS) is 21.6. The molecule has 2 N–H and O–H groups in total.